The van der Waals surface area contributed by atoms with Crippen LogP contribution in [0.15, 0.2) is 36.9 Å². The van der Waals surface area contributed by atoms with Gasteiger partial charge in [0.1, 0.15) is 5.82 Å². The molecule has 7 nitrogen and oxygen atoms in total. The molecule has 0 aliphatic carbocycles. The average Bonchev–Trinajstić information content (AvgIpc) is 3.23. The van der Waals surface area contributed by atoms with Gasteiger partial charge in [-0.2, -0.15) is 5.10 Å². The Labute approximate surface area is 135 Å². The van der Waals surface area contributed by atoms with E-state index < -0.39 is 0 Å². The lowest BCUT2D eigenvalue weighted by molar-refractivity contribution is 0.258. The molecule has 0 aromatic carbocycles. The summed E-state index contributed by atoms with van der Waals surface area (Å²) in [4.78, 5) is 2.42. The third kappa shape index (κ3) is 3.05. The van der Waals surface area contributed by atoms with E-state index in [1.807, 2.05) is 30.1 Å². The molecule has 4 rings (SSSR count). The molecular weight excluding hydrogens is 290 g/mol. The first kappa shape index (κ1) is 14.2. The molecular formula is C16H21N7. The normalized spacial score (nSPS) is 15.5. The molecule has 0 atom stereocenters. The Kier molecular flexibility index (Phi) is 3.70. The summed E-state index contributed by atoms with van der Waals surface area (Å²) in [5.74, 6) is 2.10. The Balaban J connectivity index is 1.50. The van der Waals surface area contributed by atoms with Gasteiger partial charge in [0.05, 0.1) is 19.3 Å². The van der Waals surface area contributed by atoms with E-state index in [4.69, 9.17) is 0 Å². The van der Waals surface area contributed by atoms with Crippen molar-refractivity contribution in [3.63, 3.8) is 0 Å². The van der Waals surface area contributed by atoms with E-state index in [0.717, 1.165) is 50.8 Å². The predicted molar refractivity (Wildman–Crippen MR) is 85.5 cm³/mol. The van der Waals surface area contributed by atoms with Gasteiger partial charge >= 0.3 is 0 Å². The number of hydrogen-bond donors (Lipinski definition) is 0. The van der Waals surface area contributed by atoms with Crippen LogP contribution in [0.3, 0.4) is 0 Å². The molecule has 0 spiro atoms. The zero-order chi connectivity index (χ0) is 15.6. The minimum absolute atomic E-state index is 0.780. The molecule has 4 heterocycles. The van der Waals surface area contributed by atoms with Gasteiger partial charge in [0, 0.05) is 50.8 Å². The van der Waals surface area contributed by atoms with Crippen molar-refractivity contribution in [2.45, 2.75) is 32.6 Å². The van der Waals surface area contributed by atoms with E-state index in [9.17, 15) is 0 Å². The molecule has 3 aromatic heterocycles. The number of nitrogens with zero attached hydrogens (tertiary/aromatic N) is 7. The van der Waals surface area contributed by atoms with E-state index in [1.54, 1.807) is 0 Å². The van der Waals surface area contributed by atoms with Crippen LogP contribution in [0.1, 0.15) is 23.6 Å². The number of hydrogen-bond acceptors (Lipinski definition) is 4. The van der Waals surface area contributed by atoms with Crippen LogP contribution in [0.5, 0.6) is 0 Å². The smallest absolute Gasteiger partial charge is 0.153 e. The molecule has 23 heavy (non-hydrogen) atoms. The maximum Gasteiger partial charge on any atom is 0.153 e. The van der Waals surface area contributed by atoms with Crippen molar-refractivity contribution in [1.29, 1.82) is 0 Å². The van der Waals surface area contributed by atoms with E-state index in [-0.39, 0.29) is 0 Å². The Morgan fingerprint density at radius 2 is 1.96 bits per heavy atom. The highest BCUT2D eigenvalue weighted by Gasteiger charge is 2.19. The summed E-state index contributed by atoms with van der Waals surface area (Å²) in [5.41, 5.74) is 1.24. The van der Waals surface area contributed by atoms with E-state index >= 15 is 0 Å². The molecule has 7 heteroatoms. The second-order valence-corrected chi connectivity index (χ2v) is 6.13. The van der Waals surface area contributed by atoms with Crippen LogP contribution in [0, 0.1) is 0 Å². The van der Waals surface area contributed by atoms with Crippen molar-refractivity contribution < 1.29 is 0 Å². The van der Waals surface area contributed by atoms with Crippen LogP contribution in [-0.4, -0.2) is 40.6 Å². The second-order valence-electron chi connectivity index (χ2n) is 6.13. The lowest BCUT2D eigenvalue weighted by Crippen LogP contribution is -2.23. The lowest BCUT2D eigenvalue weighted by atomic mass is 10.3. The van der Waals surface area contributed by atoms with Crippen LogP contribution in [0.4, 0.5) is 0 Å². The maximum absolute atomic E-state index is 4.43. The van der Waals surface area contributed by atoms with Crippen LogP contribution in [0.2, 0.25) is 0 Å². The van der Waals surface area contributed by atoms with E-state index in [2.05, 4.69) is 47.9 Å². The molecule has 0 fully saturated rings. The van der Waals surface area contributed by atoms with Gasteiger partial charge in [-0.05, 0) is 18.6 Å². The number of aromatic nitrogens is 6. The quantitative estimate of drug-likeness (QED) is 0.728. The summed E-state index contributed by atoms with van der Waals surface area (Å²) in [6, 6.07) is 4.07. The Morgan fingerprint density at radius 3 is 2.74 bits per heavy atom. The van der Waals surface area contributed by atoms with Gasteiger partial charge in [-0.15, -0.1) is 10.2 Å². The zero-order valence-electron chi connectivity index (χ0n) is 13.3. The van der Waals surface area contributed by atoms with Crippen molar-refractivity contribution in [2.24, 2.45) is 7.05 Å². The fraction of sp³-hybridized carbons (Fsp3) is 0.438. The molecule has 0 bridgehead atoms. The highest BCUT2D eigenvalue weighted by Crippen LogP contribution is 2.15. The van der Waals surface area contributed by atoms with Crippen molar-refractivity contribution in [3.05, 3.63) is 54.1 Å². The molecule has 0 saturated heterocycles. The van der Waals surface area contributed by atoms with E-state index in [0.29, 0.717) is 0 Å². The monoisotopic (exact) mass is 311 g/mol. The van der Waals surface area contributed by atoms with Crippen LogP contribution in [0.25, 0.3) is 0 Å². The van der Waals surface area contributed by atoms with Crippen molar-refractivity contribution in [3.8, 4) is 0 Å². The predicted octanol–water partition coefficient (Wildman–Crippen LogP) is 1.27. The molecule has 1 aliphatic rings. The average molecular weight is 311 g/mol. The molecule has 0 N–H and O–H groups in total. The standard InChI is InChI=1S/C16H21N7/c1-20-10-14(9-17-20)11-22-7-4-8-23-15(18-19-16(23)13-22)12-21-5-2-3-6-21/h2-3,5-6,9-10H,4,7-8,11-13H2,1H3. The Bertz CT molecular complexity index is 768. The van der Waals surface area contributed by atoms with Gasteiger partial charge in [-0.1, -0.05) is 0 Å². The second kappa shape index (κ2) is 6.00. The van der Waals surface area contributed by atoms with Gasteiger partial charge in [0.25, 0.3) is 0 Å². The summed E-state index contributed by atoms with van der Waals surface area (Å²) in [7, 11) is 1.95. The first-order chi connectivity index (χ1) is 11.3. The minimum Gasteiger partial charge on any atom is -0.347 e. The third-order valence-electron chi connectivity index (χ3n) is 4.28. The number of rotatable bonds is 4. The first-order valence-corrected chi connectivity index (χ1v) is 7.99. The first-order valence-electron chi connectivity index (χ1n) is 7.99. The van der Waals surface area contributed by atoms with Gasteiger partial charge in [-0.25, -0.2) is 0 Å². The van der Waals surface area contributed by atoms with Crippen LogP contribution in [-0.2, 0) is 33.2 Å². The largest absolute Gasteiger partial charge is 0.347 e. The van der Waals surface area contributed by atoms with Gasteiger partial charge in [-0.3, -0.25) is 9.58 Å². The van der Waals surface area contributed by atoms with Gasteiger partial charge in [0.2, 0.25) is 0 Å². The summed E-state index contributed by atoms with van der Waals surface area (Å²) < 4.78 is 6.27. The van der Waals surface area contributed by atoms with Crippen molar-refractivity contribution >= 4 is 0 Å². The fourth-order valence-electron chi connectivity index (χ4n) is 3.18. The van der Waals surface area contributed by atoms with Crippen molar-refractivity contribution in [2.75, 3.05) is 6.54 Å². The maximum atomic E-state index is 4.43. The number of aryl methyl sites for hydroxylation is 1. The third-order valence-corrected chi connectivity index (χ3v) is 4.28. The summed E-state index contributed by atoms with van der Waals surface area (Å²) in [6.45, 7) is 4.59. The van der Waals surface area contributed by atoms with Crippen molar-refractivity contribution in [1.82, 2.24) is 34.0 Å². The molecule has 0 unspecified atom stereocenters. The summed E-state index contributed by atoms with van der Waals surface area (Å²) in [5, 5.41) is 13.1. The molecule has 0 amide bonds. The number of fused-ring (bicyclic) bond motifs is 1. The molecule has 120 valence electrons. The molecule has 1 aliphatic heterocycles. The highest BCUT2D eigenvalue weighted by molar-refractivity contribution is 5.05. The molecule has 0 radical (unpaired) electrons. The van der Waals surface area contributed by atoms with Crippen LogP contribution < -0.4 is 0 Å². The summed E-state index contributed by atoms with van der Waals surface area (Å²) >= 11 is 0. The fourth-order valence-corrected chi connectivity index (χ4v) is 3.18. The summed E-state index contributed by atoms with van der Waals surface area (Å²) in [6.07, 6.45) is 9.25. The topological polar surface area (TPSA) is 56.7 Å². The van der Waals surface area contributed by atoms with E-state index in [1.165, 1.54) is 5.56 Å². The minimum atomic E-state index is 0.780. The van der Waals surface area contributed by atoms with Gasteiger partial charge in [0.15, 0.2) is 5.82 Å². The van der Waals surface area contributed by atoms with Gasteiger partial charge < -0.3 is 9.13 Å². The molecule has 0 saturated carbocycles. The molecule has 3 aromatic rings. The lowest BCUT2D eigenvalue weighted by Gasteiger charge is -2.17. The zero-order valence-corrected chi connectivity index (χ0v) is 13.3. The Morgan fingerprint density at radius 1 is 1.09 bits per heavy atom. The highest BCUT2D eigenvalue weighted by atomic mass is 15.3. The SMILES string of the molecule is Cn1cc(CN2CCCn3c(nnc3Cn3cccc3)C2)cn1. The van der Waals surface area contributed by atoms with Crippen LogP contribution >= 0.6 is 0 Å². The Hall–Kier alpha value is -2.41.